The van der Waals surface area contributed by atoms with Crippen molar-refractivity contribution in [3.05, 3.63) is 29.6 Å². The number of hydrogen-bond donors (Lipinski definition) is 1. The first-order valence-corrected chi connectivity index (χ1v) is 7.30. The summed E-state index contributed by atoms with van der Waals surface area (Å²) in [6, 6.07) is 4.84. The molecule has 1 aromatic rings. The predicted molar refractivity (Wildman–Crippen MR) is 78.7 cm³/mol. The largest absolute Gasteiger partial charge is 0.325 e. The first-order chi connectivity index (χ1) is 9.24. The topological polar surface area (TPSA) is 45.4 Å². The van der Waals surface area contributed by atoms with E-state index in [1.807, 2.05) is 12.3 Å². The van der Waals surface area contributed by atoms with Gasteiger partial charge in [-0.05, 0) is 51.2 Å². The monoisotopic (exact) mass is 262 g/mol. The number of pyridine rings is 1. The fourth-order valence-electron chi connectivity index (χ4n) is 2.87. The molecule has 0 atom stereocenters. The van der Waals surface area contributed by atoms with Gasteiger partial charge in [0.15, 0.2) is 0 Å². The van der Waals surface area contributed by atoms with Gasteiger partial charge >= 0.3 is 0 Å². The van der Waals surface area contributed by atoms with Crippen LogP contribution < -0.4 is 5.73 Å². The minimum absolute atomic E-state index is 0.526. The van der Waals surface area contributed by atoms with Crippen molar-refractivity contribution in [2.24, 2.45) is 5.73 Å². The second-order valence-electron chi connectivity index (χ2n) is 5.39. The van der Waals surface area contributed by atoms with E-state index in [2.05, 4.69) is 34.8 Å². The average Bonchev–Trinajstić information content (AvgIpc) is 2.48. The van der Waals surface area contributed by atoms with Crippen LogP contribution in [0, 0.1) is 0 Å². The third-order valence-electron chi connectivity index (χ3n) is 4.23. The molecule has 0 saturated carbocycles. The Labute approximate surface area is 116 Å². The number of piperidine rings is 1. The van der Waals surface area contributed by atoms with Crippen LogP contribution in [0.3, 0.4) is 0 Å². The summed E-state index contributed by atoms with van der Waals surface area (Å²) in [6.45, 7) is 7.35. The summed E-state index contributed by atoms with van der Waals surface area (Å²) in [5.41, 5.74) is 8.05. The third kappa shape index (κ3) is 3.75. The maximum atomic E-state index is 5.75. The number of hydrogen-bond acceptors (Lipinski definition) is 4. The summed E-state index contributed by atoms with van der Waals surface area (Å²) in [7, 11) is 2.22. The van der Waals surface area contributed by atoms with Crippen molar-refractivity contribution < 1.29 is 0 Å². The lowest BCUT2D eigenvalue weighted by Gasteiger charge is -2.36. The van der Waals surface area contributed by atoms with Gasteiger partial charge in [-0.1, -0.05) is 13.0 Å². The molecule has 1 saturated heterocycles. The zero-order valence-electron chi connectivity index (χ0n) is 12.2. The van der Waals surface area contributed by atoms with E-state index in [9.17, 15) is 0 Å². The van der Waals surface area contributed by atoms with Crippen molar-refractivity contribution in [3.63, 3.8) is 0 Å². The van der Waals surface area contributed by atoms with E-state index in [-0.39, 0.29) is 0 Å². The van der Waals surface area contributed by atoms with Crippen LogP contribution in [-0.4, -0.2) is 47.5 Å². The number of aromatic nitrogens is 1. The van der Waals surface area contributed by atoms with Gasteiger partial charge in [0.2, 0.25) is 0 Å². The molecule has 0 spiro atoms. The van der Waals surface area contributed by atoms with E-state index < -0.39 is 0 Å². The van der Waals surface area contributed by atoms with E-state index >= 15 is 0 Å². The Hall–Kier alpha value is -0.970. The Balaban J connectivity index is 1.92. The highest BCUT2D eigenvalue weighted by atomic mass is 15.2. The van der Waals surface area contributed by atoms with Crippen LogP contribution in [0.4, 0.5) is 0 Å². The smallest absolute Gasteiger partial charge is 0.0584 e. The summed E-state index contributed by atoms with van der Waals surface area (Å²) in [5.74, 6) is 0. The Bertz CT molecular complexity index is 385. The molecule has 1 aromatic heterocycles. The highest BCUT2D eigenvalue weighted by Crippen LogP contribution is 2.18. The van der Waals surface area contributed by atoms with Crippen molar-refractivity contribution in [1.29, 1.82) is 0 Å². The van der Waals surface area contributed by atoms with Crippen molar-refractivity contribution in [2.75, 3.05) is 26.7 Å². The van der Waals surface area contributed by atoms with E-state index in [0.29, 0.717) is 12.6 Å². The van der Waals surface area contributed by atoms with Crippen LogP contribution in [0.1, 0.15) is 31.0 Å². The molecule has 1 aliphatic heterocycles. The zero-order valence-corrected chi connectivity index (χ0v) is 12.2. The van der Waals surface area contributed by atoms with Gasteiger partial charge in [-0.3, -0.25) is 9.88 Å². The fraction of sp³-hybridized carbons (Fsp3) is 0.667. The van der Waals surface area contributed by atoms with E-state index in [1.54, 1.807) is 0 Å². The molecule has 2 heterocycles. The van der Waals surface area contributed by atoms with Gasteiger partial charge in [0.05, 0.1) is 5.69 Å². The molecule has 0 bridgehead atoms. The van der Waals surface area contributed by atoms with Crippen LogP contribution in [-0.2, 0) is 13.1 Å². The van der Waals surface area contributed by atoms with Gasteiger partial charge in [-0.15, -0.1) is 0 Å². The van der Waals surface area contributed by atoms with Crippen LogP contribution in [0.15, 0.2) is 18.3 Å². The van der Waals surface area contributed by atoms with Crippen LogP contribution in [0.5, 0.6) is 0 Å². The van der Waals surface area contributed by atoms with Crippen molar-refractivity contribution in [2.45, 2.75) is 38.9 Å². The molecule has 2 N–H and O–H groups in total. The lowest BCUT2D eigenvalue weighted by atomic mass is 10.0. The number of rotatable bonds is 5. The first kappa shape index (κ1) is 14.4. The van der Waals surface area contributed by atoms with Gasteiger partial charge in [0, 0.05) is 25.3 Å². The highest BCUT2D eigenvalue weighted by Gasteiger charge is 2.21. The molecular weight excluding hydrogens is 236 g/mol. The van der Waals surface area contributed by atoms with Gasteiger partial charge in [-0.25, -0.2) is 0 Å². The molecule has 0 aliphatic carbocycles. The zero-order chi connectivity index (χ0) is 13.7. The summed E-state index contributed by atoms with van der Waals surface area (Å²) in [6.07, 6.45) is 4.36. The maximum absolute atomic E-state index is 5.75. The van der Waals surface area contributed by atoms with Crippen LogP contribution in [0.25, 0.3) is 0 Å². The Morgan fingerprint density at radius 2 is 2.16 bits per heavy atom. The Morgan fingerprint density at radius 1 is 1.42 bits per heavy atom. The average molecular weight is 262 g/mol. The standard InChI is InChI=1S/C15H26N4/c1-3-19-9-6-14(7-10-19)18(2)12-13-5-4-8-17-15(13)11-16/h4-5,8,14H,3,6-7,9-12,16H2,1-2H3. The SMILES string of the molecule is CCN1CCC(N(C)Cc2cccnc2CN)CC1. The predicted octanol–water partition coefficient (Wildman–Crippen LogP) is 1.46. The summed E-state index contributed by atoms with van der Waals surface area (Å²) >= 11 is 0. The van der Waals surface area contributed by atoms with E-state index in [1.165, 1.54) is 38.0 Å². The quantitative estimate of drug-likeness (QED) is 0.872. The van der Waals surface area contributed by atoms with E-state index in [0.717, 1.165) is 12.2 Å². The highest BCUT2D eigenvalue weighted by molar-refractivity contribution is 5.19. The van der Waals surface area contributed by atoms with E-state index in [4.69, 9.17) is 5.73 Å². The second-order valence-corrected chi connectivity index (χ2v) is 5.39. The molecule has 4 nitrogen and oxygen atoms in total. The van der Waals surface area contributed by atoms with Gasteiger partial charge in [0.25, 0.3) is 0 Å². The molecule has 0 unspecified atom stereocenters. The first-order valence-electron chi connectivity index (χ1n) is 7.30. The fourth-order valence-corrected chi connectivity index (χ4v) is 2.87. The minimum atomic E-state index is 0.526. The lowest BCUT2D eigenvalue weighted by molar-refractivity contribution is 0.127. The third-order valence-corrected chi connectivity index (χ3v) is 4.23. The molecule has 0 radical (unpaired) electrons. The normalized spacial score (nSPS) is 18.1. The second kappa shape index (κ2) is 6.98. The van der Waals surface area contributed by atoms with Gasteiger partial charge in [-0.2, -0.15) is 0 Å². The molecule has 1 aliphatic rings. The minimum Gasteiger partial charge on any atom is -0.325 e. The summed E-state index contributed by atoms with van der Waals surface area (Å²) in [5, 5.41) is 0. The number of nitrogens with two attached hydrogens (primary N) is 1. The molecule has 0 aromatic carbocycles. The number of likely N-dealkylation sites (tertiary alicyclic amines) is 1. The van der Waals surface area contributed by atoms with Crippen molar-refractivity contribution in [3.8, 4) is 0 Å². The van der Waals surface area contributed by atoms with Crippen LogP contribution >= 0.6 is 0 Å². The Kier molecular flexibility index (Phi) is 5.31. The summed E-state index contributed by atoms with van der Waals surface area (Å²) < 4.78 is 0. The van der Waals surface area contributed by atoms with Crippen molar-refractivity contribution >= 4 is 0 Å². The maximum Gasteiger partial charge on any atom is 0.0584 e. The molecule has 0 amide bonds. The number of nitrogens with zero attached hydrogens (tertiary/aromatic N) is 3. The van der Waals surface area contributed by atoms with Gasteiger partial charge < -0.3 is 10.6 Å². The molecule has 106 valence electrons. The molecule has 4 heteroatoms. The molecule has 1 fully saturated rings. The Morgan fingerprint density at radius 3 is 2.79 bits per heavy atom. The van der Waals surface area contributed by atoms with Crippen LogP contribution in [0.2, 0.25) is 0 Å². The van der Waals surface area contributed by atoms with Gasteiger partial charge in [0.1, 0.15) is 0 Å². The summed E-state index contributed by atoms with van der Waals surface area (Å²) in [4.78, 5) is 9.35. The molecule has 2 rings (SSSR count). The van der Waals surface area contributed by atoms with Crippen molar-refractivity contribution in [1.82, 2.24) is 14.8 Å². The molecule has 19 heavy (non-hydrogen) atoms. The molecular formula is C15H26N4. The lowest BCUT2D eigenvalue weighted by Crippen LogP contribution is -2.43.